The van der Waals surface area contributed by atoms with Crippen LogP contribution in [0.5, 0.6) is 0 Å². The van der Waals surface area contributed by atoms with Crippen LogP contribution in [0.4, 0.5) is 15.8 Å². The molecule has 13 nitrogen and oxygen atoms in total. The van der Waals surface area contributed by atoms with Gasteiger partial charge in [-0.1, -0.05) is 11.6 Å². The Hall–Kier alpha value is -3.76. The topological polar surface area (TPSA) is 136 Å². The molecule has 0 bridgehead atoms. The van der Waals surface area contributed by atoms with Crippen LogP contribution in [0.1, 0.15) is 56.7 Å². The van der Waals surface area contributed by atoms with Crippen LogP contribution >= 0.6 is 11.6 Å². The number of carbonyl (C=O) groups excluding carboxylic acids is 2. The second-order valence-electron chi connectivity index (χ2n) is 14.8. The van der Waals surface area contributed by atoms with Crippen LogP contribution in [-0.4, -0.2) is 115 Å². The molecule has 0 unspecified atom stereocenters. The summed E-state index contributed by atoms with van der Waals surface area (Å²) in [4.78, 5) is 48.0. The number of carbonyl (C=O) groups is 2. The molecular formula is C36H44ClFN6O7S. The van der Waals surface area contributed by atoms with Gasteiger partial charge in [-0.2, -0.15) is 12.7 Å². The zero-order valence-electron chi connectivity index (χ0n) is 30.1. The summed E-state index contributed by atoms with van der Waals surface area (Å²) in [6, 6.07) is 4.22. The lowest BCUT2D eigenvalue weighted by Crippen LogP contribution is -2.53. The van der Waals surface area contributed by atoms with Gasteiger partial charge in [0, 0.05) is 77.1 Å². The van der Waals surface area contributed by atoms with E-state index in [0.29, 0.717) is 41.3 Å². The summed E-state index contributed by atoms with van der Waals surface area (Å²) in [6.07, 6.45) is 2.95. The van der Waals surface area contributed by atoms with Gasteiger partial charge in [0.05, 0.1) is 46.6 Å². The Bertz CT molecular complexity index is 2140. The second kappa shape index (κ2) is 13.6. The van der Waals surface area contributed by atoms with Crippen LogP contribution in [0.25, 0.3) is 11.0 Å². The average Bonchev–Trinajstić information content (AvgIpc) is 3.73. The van der Waals surface area contributed by atoms with Crippen molar-refractivity contribution < 1.29 is 31.6 Å². The van der Waals surface area contributed by atoms with Crippen molar-refractivity contribution >= 4 is 56.0 Å². The smallest absolute Gasteiger partial charge is 0.341 e. The van der Waals surface area contributed by atoms with E-state index in [1.54, 1.807) is 21.2 Å². The van der Waals surface area contributed by atoms with Gasteiger partial charge in [0.25, 0.3) is 11.8 Å². The van der Waals surface area contributed by atoms with Crippen LogP contribution in [-0.2, 0) is 27.9 Å². The lowest BCUT2D eigenvalue weighted by atomic mass is 9.94. The lowest BCUT2D eigenvalue weighted by Gasteiger charge is -2.41. The Morgan fingerprint density at radius 1 is 1.10 bits per heavy atom. The fourth-order valence-electron chi connectivity index (χ4n) is 7.91. The summed E-state index contributed by atoms with van der Waals surface area (Å²) < 4.78 is 56.5. The van der Waals surface area contributed by atoms with Crippen LogP contribution in [0.2, 0.25) is 5.02 Å². The Kier molecular flexibility index (Phi) is 9.56. The third-order valence-corrected chi connectivity index (χ3v) is 13.0. The molecule has 1 N–H and O–H groups in total. The van der Waals surface area contributed by atoms with Gasteiger partial charge >= 0.3 is 15.8 Å². The molecule has 3 aliphatic heterocycles. The number of rotatable bonds is 8. The largest absolute Gasteiger partial charge is 0.422 e. The summed E-state index contributed by atoms with van der Waals surface area (Å²) >= 11 is 6.93. The first-order valence-corrected chi connectivity index (χ1v) is 19.3. The number of fused-ring (bicyclic) bond motifs is 3. The number of amides is 2. The van der Waals surface area contributed by atoms with Gasteiger partial charge in [-0.15, -0.1) is 0 Å². The Labute approximate surface area is 307 Å². The number of piperazine rings is 1. The summed E-state index contributed by atoms with van der Waals surface area (Å²) in [6.45, 7) is 5.51. The number of hydrogen-bond acceptors (Lipinski definition) is 10. The SMILES string of the molecule is COC[C@H]1CN(c2cc(Cl)c3c4c(c(=O)oc3c2C)CN(C(=O)c2cc(N(C)C)c(C(=O)NS(=O)(=O)N3CCC5(CC5)C3)cc2F)CC4)CCN1C. The highest BCUT2D eigenvalue weighted by Crippen LogP contribution is 2.53. The number of ether oxygens (including phenoxy) is 1. The van der Waals surface area contributed by atoms with Crippen molar-refractivity contribution in [3.63, 3.8) is 0 Å². The van der Waals surface area contributed by atoms with E-state index in [0.717, 1.165) is 56.2 Å². The van der Waals surface area contributed by atoms with Gasteiger partial charge in [-0.25, -0.2) is 13.9 Å². The fraction of sp³-hybridized carbons (Fsp3) is 0.528. The van der Waals surface area contributed by atoms with Gasteiger partial charge in [0.1, 0.15) is 11.4 Å². The molecule has 3 fully saturated rings. The molecule has 0 radical (unpaired) electrons. The third-order valence-electron chi connectivity index (χ3n) is 11.3. The number of aryl methyl sites for hydroxylation is 1. The van der Waals surface area contributed by atoms with Crippen molar-refractivity contribution in [1.29, 1.82) is 0 Å². The molecule has 2 saturated heterocycles. The highest BCUT2D eigenvalue weighted by Gasteiger charge is 2.50. The molecule has 1 aliphatic carbocycles. The third kappa shape index (κ3) is 6.55. The molecule has 280 valence electrons. The highest BCUT2D eigenvalue weighted by molar-refractivity contribution is 7.87. The van der Waals surface area contributed by atoms with Crippen molar-refractivity contribution in [2.75, 3.05) is 83.9 Å². The van der Waals surface area contributed by atoms with Gasteiger partial charge in [0.2, 0.25) is 0 Å². The molecule has 1 atom stereocenters. The Balaban J connectivity index is 1.14. The molecule has 7 rings (SSSR count). The highest BCUT2D eigenvalue weighted by atomic mass is 35.5. The predicted molar refractivity (Wildman–Crippen MR) is 196 cm³/mol. The standard InChI is InChI=1S/C36H44ClFN6O7S/c1-21-29(42-13-12-41(4)22(17-42)19-50-5)16-27(37)31-23-6-10-43(18-26(23)35(47)51-32(21)31)34(46)24-15-30(40(2)3)25(14-28(24)38)33(45)39-52(48,49)44-11-9-36(20-44)7-8-36/h14-16,22H,6-13,17-20H2,1-5H3,(H,39,45)/t22-/m1/s1. The van der Waals surface area contributed by atoms with Gasteiger partial charge < -0.3 is 23.9 Å². The molecule has 1 saturated carbocycles. The Morgan fingerprint density at radius 2 is 1.85 bits per heavy atom. The molecule has 4 aliphatic rings. The molecule has 2 aromatic carbocycles. The normalized spacial score (nSPS) is 20.4. The van der Waals surface area contributed by atoms with E-state index >= 15 is 4.39 Å². The van der Waals surface area contributed by atoms with E-state index in [1.807, 2.05) is 13.0 Å². The molecule has 4 heterocycles. The number of methoxy groups -OCH3 is 1. The first-order valence-electron chi connectivity index (χ1n) is 17.5. The number of anilines is 2. The minimum Gasteiger partial charge on any atom is -0.422 e. The van der Waals surface area contributed by atoms with Crippen molar-refractivity contribution in [1.82, 2.24) is 18.8 Å². The molecule has 16 heteroatoms. The van der Waals surface area contributed by atoms with Crippen molar-refractivity contribution in [3.8, 4) is 0 Å². The molecule has 3 aromatic rings. The maximum absolute atomic E-state index is 15.7. The van der Waals surface area contributed by atoms with E-state index in [1.165, 1.54) is 20.2 Å². The summed E-state index contributed by atoms with van der Waals surface area (Å²) in [5.74, 6) is -2.67. The van der Waals surface area contributed by atoms with Crippen LogP contribution in [0, 0.1) is 18.2 Å². The fourth-order valence-corrected chi connectivity index (χ4v) is 9.46. The minimum absolute atomic E-state index is 0.0117. The zero-order valence-corrected chi connectivity index (χ0v) is 31.6. The van der Waals surface area contributed by atoms with Crippen LogP contribution in [0.3, 0.4) is 0 Å². The molecule has 52 heavy (non-hydrogen) atoms. The Morgan fingerprint density at radius 3 is 2.52 bits per heavy atom. The molecular weight excluding hydrogens is 715 g/mol. The predicted octanol–water partition coefficient (Wildman–Crippen LogP) is 3.39. The number of likely N-dealkylation sites (N-methyl/N-ethyl adjacent to an activating group) is 1. The minimum atomic E-state index is -4.15. The number of nitrogens with zero attached hydrogens (tertiary/aromatic N) is 5. The monoisotopic (exact) mass is 758 g/mol. The average molecular weight is 759 g/mol. The summed E-state index contributed by atoms with van der Waals surface area (Å²) in [5, 5.41) is 1.06. The molecule has 1 spiro atoms. The van der Waals surface area contributed by atoms with Crippen molar-refractivity contribution in [2.24, 2.45) is 5.41 Å². The van der Waals surface area contributed by atoms with Gasteiger partial charge in [0.15, 0.2) is 0 Å². The quantitative estimate of drug-likeness (QED) is 0.341. The molecule has 2 amide bonds. The maximum Gasteiger partial charge on any atom is 0.341 e. The number of nitrogens with one attached hydrogen (secondary N) is 1. The van der Waals surface area contributed by atoms with E-state index in [4.69, 9.17) is 20.8 Å². The van der Waals surface area contributed by atoms with Crippen LogP contribution in [0.15, 0.2) is 27.4 Å². The van der Waals surface area contributed by atoms with Gasteiger partial charge in [-0.05, 0) is 68.8 Å². The number of hydrogen-bond donors (Lipinski definition) is 1. The number of halogens is 2. The van der Waals surface area contributed by atoms with Crippen molar-refractivity contribution in [3.05, 3.63) is 67.3 Å². The maximum atomic E-state index is 15.7. The van der Waals surface area contributed by atoms with E-state index in [2.05, 4.69) is 21.6 Å². The second-order valence-corrected chi connectivity index (χ2v) is 16.9. The molecule has 1 aromatic heterocycles. The number of benzene rings is 2. The van der Waals surface area contributed by atoms with Crippen LogP contribution < -0.4 is 20.1 Å². The van der Waals surface area contributed by atoms with E-state index in [-0.39, 0.29) is 53.3 Å². The van der Waals surface area contributed by atoms with Gasteiger partial charge in [-0.3, -0.25) is 14.5 Å². The lowest BCUT2D eigenvalue weighted by molar-refractivity contribution is 0.0727. The van der Waals surface area contributed by atoms with E-state index < -0.39 is 33.5 Å². The van der Waals surface area contributed by atoms with E-state index in [9.17, 15) is 22.8 Å². The summed E-state index contributed by atoms with van der Waals surface area (Å²) in [5.41, 5.74) is 2.07. The van der Waals surface area contributed by atoms with Crippen molar-refractivity contribution in [2.45, 2.75) is 45.2 Å². The first kappa shape index (κ1) is 36.6. The summed E-state index contributed by atoms with van der Waals surface area (Å²) in [7, 11) is 2.82. The first-order chi connectivity index (χ1) is 24.6. The zero-order chi connectivity index (χ0) is 37.3.